The molecule has 0 spiro atoms. The minimum absolute atomic E-state index is 0.0101. The Hall–Kier alpha value is -1.60. The van der Waals surface area contributed by atoms with Crippen molar-refractivity contribution < 1.29 is 19.0 Å². The van der Waals surface area contributed by atoms with Gasteiger partial charge in [0.1, 0.15) is 11.6 Å². The van der Waals surface area contributed by atoms with E-state index in [1.807, 2.05) is 6.92 Å². The summed E-state index contributed by atoms with van der Waals surface area (Å²) in [4.78, 5) is 15.8. The zero-order chi connectivity index (χ0) is 15.2. The van der Waals surface area contributed by atoms with E-state index in [1.54, 1.807) is 12.1 Å². The van der Waals surface area contributed by atoms with Gasteiger partial charge in [-0.15, -0.1) is 11.3 Å². The quantitative estimate of drug-likeness (QED) is 0.624. The molecule has 0 saturated carbocycles. The van der Waals surface area contributed by atoms with E-state index in [1.165, 1.54) is 35.2 Å². The Kier molecular flexibility index (Phi) is 5.58. The van der Waals surface area contributed by atoms with Crippen LogP contribution in [0.1, 0.15) is 10.6 Å². The first-order chi connectivity index (χ1) is 10.0. The predicted octanol–water partition coefficient (Wildman–Crippen LogP) is 3.39. The lowest BCUT2D eigenvalue weighted by Gasteiger charge is -2.04. The first kappa shape index (κ1) is 15.8. The van der Waals surface area contributed by atoms with E-state index in [2.05, 4.69) is 4.98 Å². The summed E-state index contributed by atoms with van der Waals surface area (Å²) >= 11 is 2.92. The van der Waals surface area contributed by atoms with Crippen molar-refractivity contribution in [2.75, 3.05) is 12.4 Å². The number of benzene rings is 1. The molecule has 0 unspecified atom stereocenters. The van der Waals surface area contributed by atoms with Gasteiger partial charge in [0.2, 0.25) is 0 Å². The summed E-state index contributed by atoms with van der Waals surface area (Å²) in [6.07, 6.45) is 0.0101. The Balaban J connectivity index is 1.78. The zero-order valence-electron chi connectivity index (χ0n) is 11.3. The lowest BCUT2D eigenvalue weighted by Crippen LogP contribution is -1.99. The van der Waals surface area contributed by atoms with Gasteiger partial charge in [-0.05, 0) is 31.2 Å². The molecule has 1 N–H and O–H groups in total. The maximum absolute atomic E-state index is 12.7. The minimum Gasteiger partial charge on any atom is -0.493 e. The highest BCUT2D eigenvalue weighted by Crippen LogP contribution is 2.27. The third kappa shape index (κ3) is 5.02. The van der Waals surface area contributed by atoms with Crippen LogP contribution in [0.15, 0.2) is 28.6 Å². The second kappa shape index (κ2) is 7.42. The number of halogens is 1. The highest BCUT2D eigenvalue weighted by Gasteiger charge is 2.11. The van der Waals surface area contributed by atoms with Gasteiger partial charge in [0.25, 0.3) is 0 Å². The summed E-state index contributed by atoms with van der Waals surface area (Å²) in [6, 6.07) is 5.87. The third-order valence-corrected chi connectivity index (χ3v) is 4.84. The maximum Gasteiger partial charge on any atom is 0.308 e. The number of aryl methyl sites for hydroxylation is 1. The fourth-order valence-corrected chi connectivity index (χ4v) is 3.70. The number of aliphatic carboxylic acids is 1. The molecular weight excluding hydrogens is 313 g/mol. The number of rotatable bonds is 7. The molecule has 7 heteroatoms. The Morgan fingerprint density at radius 3 is 2.81 bits per heavy atom. The number of nitrogens with zero attached hydrogens (tertiary/aromatic N) is 1. The Labute approximate surface area is 130 Å². The molecule has 0 bridgehead atoms. The van der Waals surface area contributed by atoms with Crippen molar-refractivity contribution in [2.45, 2.75) is 17.7 Å². The number of carbonyl (C=O) groups is 1. The van der Waals surface area contributed by atoms with Crippen LogP contribution >= 0.6 is 23.1 Å². The molecule has 0 fully saturated rings. The monoisotopic (exact) mass is 327 g/mol. The van der Waals surface area contributed by atoms with E-state index >= 15 is 0 Å². The fourth-order valence-electron chi connectivity index (χ4n) is 1.58. The van der Waals surface area contributed by atoms with Crippen LogP contribution in [0, 0.1) is 12.7 Å². The predicted molar refractivity (Wildman–Crippen MR) is 80.8 cm³/mol. The second-order valence-corrected chi connectivity index (χ2v) is 6.64. The van der Waals surface area contributed by atoms with Crippen molar-refractivity contribution in [2.24, 2.45) is 0 Å². The van der Waals surface area contributed by atoms with Crippen LogP contribution in [-0.4, -0.2) is 28.4 Å². The molecule has 1 heterocycles. The Morgan fingerprint density at radius 2 is 2.14 bits per heavy atom. The van der Waals surface area contributed by atoms with Gasteiger partial charge in [-0.2, -0.15) is 0 Å². The van der Waals surface area contributed by atoms with Crippen molar-refractivity contribution in [1.29, 1.82) is 0 Å². The van der Waals surface area contributed by atoms with Crippen molar-refractivity contribution in [3.05, 3.63) is 40.7 Å². The summed E-state index contributed by atoms with van der Waals surface area (Å²) in [5.41, 5.74) is 0.768. The largest absolute Gasteiger partial charge is 0.493 e. The zero-order valence-corrected chi connectivity index (χ0v) is 13.0. The van der Waals surface area contributed by atoms with Crippen LogP contribution in [-0.2, 0) is 11.2 Å². The van der Waals surface area contributed by atoms with Crippen molar-refractivity contribution in [3.8, 4) is 5.75 Å². The molecular formula is C14H14FNO3S2. The minimum atomic E-state index is -0.849. The average Bonchev–Trinajstić information content (AvgIpc) is 2.76. The molecule has 0 atom stereocenters. The lowest BCUT2D eigenvalue weighted by atomic mass is 10.3. The molecule has 0 aliphatic rings. The number of hydrogen-bond donors (Lipinski definition) is 1. The number of thiazole rings is 1. The summed E-state index contributed by atoms with van der Waals surface area (Å²) in [6.45, 7) is 2.29. The molecule has 0 aliphatic heterocycles. The van der Waals surface area contributed by atoms with Crippen LogP contribution in [0.4, 0.5) is 4.39 Å². The number of carboxylic acid groups (broad SMARTS) is 1. The van der Waals surface area contributed by atoms with Crippen LogP contribution in [0.3, 0.4) is 0 Å². The van der Waals surface area contributed by atoms with Gasteiger partial charge in [0.05, 0.1) is 18.7 Å². The molecule has 1 aromatic carbocycles. The number of thioether (sulfide) groups is 1. The molecule has 0 saturated heterocycles. The highest BCUT2D eigenvalue weighted by atomic mass is 32.2. The van der Waals surface area contributed by atoms with Gasteiger partial charge in [-0.1, -0.05) is 11.8 Å². The van der Waals surface area contributed by atoms with Crippen LogP contribution < -0.4 is 4.74 Å². The Morgan fingerprint density at radius 1 is 1.43 bits per heavy atom. The van der Waals surface area contributed by atoms with Crippen LogP contribution in [0.2, 0.25) is 0 Å². The summed E-state index contributed by atoms with van der Waals surface area (Å²) in [5, 5.41) is 8.79. The van der Waals surface area contributed by atoms with Crippen molar-refractivity contribution in [1.82, 2.24) is 4.98 Å². The fraction of sp³-hybridized carbons (Fsp3) is 0.286. The summed E-state index contributed by atoms with van der Waals surface area (Å²) in [7, 11) is 0. The average molecular weight is 327 g/mol. The highest BCUT2D eigenvalue weighted by molar-refractivity contribution is 8.01. The van der Waals surface area contributed by atoms with E-state index in [0.29, 0.717) is 18.1 Å². The number of ether oxygens (including phenoxy) is 1. The third-order valence-electron chi connectivity index (χ3n) is 2.58. The molecule has 21 heavy (non-hydrogen) atoms. The van der Waals surface area contributed by atoms with Crippen molar-refractivity contribution in [3.63, 3.8) is 0 Å². The molecule has 2 aromatic rings. The summed E-state index contributed by atoms with van der Waals surface area (Å²) in [5.74, 6) is 0.175. The Bertz CT molecular complexity index is 613. The number of aromatic nitrogens is 1. The van der Waals surface area contributed by atoms with E-state index in [-0.39, 0.29) is 12.2 Å². The van der Waals surface area contributed by atoms with Gasteiger partial charge in [-0.3, -0.25) is 4.79 Å². The smallest absolute Gasteiger partial charge is 0.308 e. The van der Waals surface area contributed by atoms with E-state index < -0.39 is 5.97 Å². The van der Waals surface area contributed by atoms with E-state index in [4.69, 9.17) is 9.84 Å². The maximum atomic E-state index is 12.7. The molecule has 1 aromatic heterocycles. The number of hydrogen-bond acceptors (Lipinski definition) is 5. The topological polar surface area (TPSA) is 59.4 Å². The standard InChI is InChI=1S/C14H14FNO3S2/c1-9-12(8-13(17)18)21-14(16-9)20-7-6-19-11-4-2-10(15)3-5-11/h2-5H,6-8H2,1H3,(H,17,18). The van der Waals surface area contributed by atoms with E-state index in [0.717, 1.165) is 14.9 Å². The molecule has 4 nitrogen and oxygen atoms in total. The molecule has 112 valence electrons. The molecule has 2 rings (SSSR count). The van der Waals surface area contributed by atoms with Gasteiger partial charge >= 0.3 is 5.97 Å². The van der Waals surface area contributed by atoms with Crippen molar-refractivity contribution >= 4 is 29.1 Å². The molecule has 0 aliphatic carbocycles. The second-order valence-electron chi connectivity index (χ2n) is 4.21. The summed E-state index contributed by atoms with van der Waals surface area (Å²) < 4.78 is 19.0. The van der Waals surface area contributed by atoms with Gasteiger partial charge < -0.3 is 9.84 Å². The lowest BCUT2D eigenvalue weighted by molar-refractivity contribution is -0.136. The van der Waals surface area contributed by atoms with Crippen LogP contribution in [0.5, 0.6) is 5.75 Å². The van der Waals surface area contributed by atoms with Crippen LogP contribution in [0.25, 0.3) is 0 Å². The first-order valence-corrected chi connectivity index (χ1v) is 8.04. The SMILES string of the molecule is Cc1nc(SCCOc2ccc(F)cc2)sc1CC(=O)O. The van der Waals surface area contributed by atoms with Gasteiger partial charge in [-0.25, -0.2) is 9.37 Å². The van der Waals surface area contributed by atoms with E-state index in [9.17, 15) is 9.18 Å². The first-order valence-electron chi connectivity index (χ1n) is 6.24. The number of carboxylic acids is 1. The van der Waals surface area contributed by atoms with Gasteiger partial charge in [0, 0.05) is 10.6 Å². The van der Waals surface area contributed by atoms with Gasteiger partial charge in [0.15, 0.2) is 4.34 Å². The molecule has 0 radical (unpaired) electrons. The molecule has 0 amide bonds. The normalized spacial score (nSPS) is 10.6.